The average Bonchev–Trinajstić information content (AvgIpc) is 3.57. The molecule has 0 spiro atoms. The van der Waals surface area contributed by atoms with Gasteiger partial charge in [-0.2, -0.15) is 19.2 Å². The maximum atomic E-state index is 6.33. The predicted molar refractivity (Wildman–Crippen MR) is 122 cm³/mol. The summed E-state index contributed by atoms with van der Waals surface area (Å²) in [5.41, 5.74) is 9.42. The molecule has 0 saturated heterocycles. The summed E-state index contributed by atoms with van der Waals surface area (Å²) in [6.45, 7) is 5.66. The van der Waals surface area contributed by atoms with Crippen molar-refractivity contribution in [3.63, 3.8) is 0 Å². The summed E-state index contributed by atoms with van der Waals surface area (Å²) in [6.07, 6.45) is 1.74. The van der Waals surface area contributed by atoms with Crippen molar-refractivity contribution in [2.75, 3.05) is 0 Å². The number of rotatable bonds is 4. The molecule has 0 bridgehead atoms. The summed E-state index contributed by atoms with van der Waals surface area (Å²) in [6, 6.07) is 15.0. The summed E-state index contributed by atoms with van der Waals surface area (Å²) in [5, 5.41) is 9.45. The van der Waals surface area contributed by atoms with Crippen molar-refractivity contribution in [1.29, 1.82) is 0 Å². The largest absolute Gasteiger partial charge is 0.460 e. The van der Waals surface area contributed by atoms with Crippen molar-refractivity contribution >= 4 is 23.1 Å². The van der Waals surface area contributed by atoms with E-state index in [9.17, 15) is 0 Å². The molecule has 0 aliphatic heterocycles. The molecule has 9 nitrogen and oxygen atoms in total. The number of nitrogens with two attached hydrogens (primary N) is 1. The second kappa shape index (κ2) is 6.99. The van der Waals surface area contributed by atoms with Crippen LogP contribution in [0.2, 0.25) is 0 Å². The third-order valence-electron chi connectivity index (χ3n) is 5.34. The van der Waals surface area contributed by atoms with Crippen LogP contribution in [-0.4, -0.2) is 24.2 Å². The molecule has 6 aromatic heterocycles. The molecule has 6 rings (SSSR count). The highest BCUT2D eigenvalue weighted by Gasteiger charge is 2.18. The van der Waals surface area contributed by atoms with Crippen molar-refractivity contribution in [3.05, 3.63) is 77.4 Å². The standard InChI is InChI=1S/C24H20N6O3/c1-13-4-7-19(31-13)16(25)10-22-26-23-11-17(20-8-5-14(2)32-20)27-30(23)24-12-18(28-29(22)24)21-9-6-15(3)33-21/h4-12H,25H2,1-3H3. The lowest BCUT2D eigenvalue weighted by Gasteiger charge is -2.03. The molecule has 0 aromatic carbocycles. The number of hydrogen-bond donors (Lipinski definition) is 1. The van der Waals surface area contributed by atoms with E-state index in [0.29, 0.717) is 51.5 Å². The molecule has 6 heterocycles. The Morgan fingerprint density at radius 2 is 1.39 bits per heavy atom. The van der Waals surface area contributed by atoms with Gasteiger partial charge in [-0.25, -0.2) is 4.98 Å². The minimum absolute atomic E-state index is 0.438. The number of fused-ring (bicyclic) bond motifs is 3. The monoisotopic (exact) mass is 440 g/mol. The van der Waals surface area contributed by atoms with E-state index in [2.05, 4.69) is 0 Å². The molecule has 0 aliphatic rings. The molecule has 0 atom stereocenters. The van der Waals surface area contributed by atoms with Gasteiger partial charge in [0, 0.05) is 18.2 Å². The van der Waals surface area contributed by atoms with Crippen LogP contribution in [0.3, 0.4) is 0 Å². The highest BCUT2D eigenvalue weighted by Crippen LogP contribution is 2.27. The normalized spacial score (nSPS) is 12.4. The van der Waals surface area contributed by atoms with Crippen LogP contribution >= 0.6 is 0 Å². The maximum absolute atomic E-state index is 6.33. The van der Waals surface area contributed by atoms with Gasteiger partial charge in [0.2, 0.25) is 0 Å². The van der Waals surface area contributed by atoms with Crippen molar-refractivity contribution in [1.82, 2.24) is 24.2 Å². The lowest BCUT2D eigenvalue weighted by atomic mass is 10.3. The van der Waals surface area contributed by atoms with Crippen LogP contribution in [0.15, 0.2) is 61.8 Å². The van der Waals surface area contributed by atoms with Gasteiger partial charge < -0.3 is 19.0 Å². The molecule has 164 valence electrons. The van der Waals surface area contributed by atoms with Gasteiger partial charge in [0.05, 0.1) is 5.70 Å². The number of aromatic nitrogens is 5. The van der Waals surface area contributed by atoms with Crippen LogP contribution in [0, 0.1) is 20.8 Å². The topological polar surface area (TPSA) is 113 Å². The zero-order valence-electron chi connectivity index (χ0n) is 18.2. The molecular formula is C24H20N6O3. The van der Waals surface area contributed by atoms with Crippen LogP contribution in [0.4, 0.5) is 0 Å². The minimum atomic E-state index is 0.438. The molecule has 0 aliphatic carbocycles. The summed E-state index contributed by atoms with van der Waals surface area (Å²) in [5.74, 6) is 4.81. The van der Waals surface area contributed by atoms with Crippen LogP contribution < -0.4 is 5.73 Å². The summed E-state index contributed by atoms with van der Waals surface area (Å²) < 4.78 is 20.6. The summed E-state index contributed by atoms with van der Waals surface area (Å²) in [4.78, 5) is 4.77. The Kier molecular flexibility index (Phi) is 4.06. The first-order chi connectivity index (χ1) is 15.9. The summed E-state index contributed by atoms with van der Waals surface area (Å²) >= 11 is 0. The van der Waals surface area contributed by atoms with Crippen LogP contribution in [-0.2, 0) is 0 Å². The van der Waals surface area contributed by atoms with Gasteiger partial charge in [0.1, 0.15) is 34.4 Å². The molecule has 0 unspecified atom stereocenters. The minimum Gasteiger partial charge on any atom is -0.460 e. The fourth-order valence-corrected chi connectivity index (χ4v) is 3.75. The van der Waals surface area contributed by atoms with Crippen molar-refractivity contribution in [2.24, 2.45) is 5.73 Å². The molecule has 6 aromatic rings. The highest BCUT2D eigenvalue weighted by atomic mass is 16.3. The molecule has 0 radical (unpaired) electrons. The zero-order valence-corrected chi connectivity index (χ0v) is 18.2. The molecule has 0 fully saturated rings. The van der Waals surface area contributed by atoms with Crippen LogP contribution in [0.25, 0.3) is 46.0 Å². The van der Waals surface area contributed by atoms with E-state index in [1.807, 2.05) is 69.3 Å². The quantitative estimate of drug-likeness (QED) is 0.416. The first-order valence-corrected chi connectivity index (χ1v) is 10.4. The SMILES string of the molecule is Cc1ccc(C(N)=Cc2nc3cc(-c4ccc(C)o4)nn3c3cc(-c4ccc(C)o4)nn23)o1. The Bertz CT molecular complexity index is 1670. The van der Waals surface area contributed by atoms with E-state index in [0.717, 1.165) is 17.3 Å². The summed E-state index contributed by atoms with van der Waals surface area (Å²) in [7, 11) is 0. The van der Waals surface area contributed by atoms with Crippen molar-refractivity contribution in [3.8, 4) is 22.9 Å². The maximum Gasteiger partial charge on any atom is 0.162 e. The first-order valence-electron chi connectivity index (χ1n) is 10.4. The van der Waals surface area contributed by atoms with E-state index in [1.165, 1.54) is 0 Å². The predicted octanol–water partition coefficient (Wildman–Crippen LogP) is 4.87. The average molecular weight is 440 g/mol. The Labute approximate surface area is 187 Å². The Hall–Kier alpha value is -4.53. The number of furan rings is 3. The van der Waals surface area contributed by atoms with Gasteiger partial charge in [-0.1, -0.05) is 0 Å². The van der Waals surface area contributed by atoms with E-state index >= 15 is 0 Å². The van der Waals surface area contributed by atoms with Gasteiger partial charge in [-0.3, -0.25) is 0 Å². The Balaban J connectivity index is 1.59. The molecule has 33 heavy (non-hydrogen) atoms. The lowest BCUT2D eigenvalue weighted by molar-refractivity contribution is 0.521. The Morgan fingerprint density at radius 3 is 2.00 bits per heavy atom. The molecule has 0 saturated carbocycles. The third kappa shape index (κ3) is 3.21. The van der Waals surface area contributed by atoms with E-state index in [4.69, 9.17) is 34.2 Å². The zero-order chi connectivity index (χ0) is 22.7. The second-order valence-electron chi connectivity index (χ2n) is 7.90. The van der Waals surface area contributed by atoms with Gasteiger partial charge in [-0.05, 0) is 57.2 Å². The van der Waals surface area contributed by atoms with E-state index in [1.54, 1.807) is 15.1 Å². The molecular weight excluding hydrogens is 420 g/mol. The number of hydrogen-bond acceptors (Lipinski definition) is 7. The van der Waals surface area contributed by atoms with E-state index in [-0.39, 0.29) is 0 Å². The fourth-order valence-electron chi connectivity index (χ4n) is 3.75. The highest BCUT2D eigenvalue weighted by molar-refractivity contribution is 5.77. The second-order valence-corrected chi connectivity index (χ2v) is 7.90. The van der Waals surface area contributed by atoms with Crippen molar-refractivity contribution in [2.45, 2.75) is 20.8 Å². The van der Waals surface area contributed by atoms with Gasteiger partial charge in [-0.15, -0.1) is 0 Å². The lowest BCUT2D eigenvalue weighted by Crippen LogP contribution is -2.05. The number of nitrogens with zero attached hydrogens (tertiary/aromatic N) is 5. The molecule has 2 N–H and O–H groups in total. The van der Waals surface area contributed by atoms with Crippen LogP contribution in [0.1, 0.15) is 28.9 Å². The third-order valence-corrected chi connectivity index (χ3v) is 5.34. The van der Waals surface area contributed by atoms with Gasteiger partial charge in [0.25, 0.3) is 0 Å². The molecule has 9 heteroatoms. The fraction of sp³-hybridized carbons (Fsp3) is 0.125. The molecule has 0 amide bonds. The smallest absolute Gasteiger partial charge is 0.162 e. The first kappa shape index (κ1) is 19.2. The van der Waals surface area contributed by atoms with E-state index < -0.39 is 0 Å². The van der Waals surface area contributed by atoms with Gasteiger partial charge in [0.15, 0.2) is 28.6 Å². The van der Waals surface area contributed by atoms with Crippen molar-refractivity contribution < 1.29 is 13.3 Å². The van der Waals surface area contributed by atoms with Gasteiger partial charge >= 0.3 is 0 Å². The number of aryl methyl sites for hydroxylation is 3. The van der Waals surface area contributed by atoms with Crippen LogP contribution in [0.5, 0.6) is 0 Å². The Morgan fingerprint density at radius 1 is 0.788 bits per heavy atom.